The van der Waals surface area contributed by atoms with Gasteiger partial charge in [0.1, 0.15) is 5.75 Å². The van der Waals surface area contributed by atoms with Gasteiger partial charge >= 0.3 is 0 Å². The van der Waals surface area contributed by atoms with Gasteiger partial charge in [0.15, 0.2) is 5.78 Å². The molecule has 0 radical (unpaired) electrons. The lowest BCUT2D eigenvalue weighted by atomic mass is 9.99. The molecule has 0 bridgehead atoms. The molecule has 0 heterocycles. The Morgan fingerprint density at radius 2 is 1.59 bits per heavy atom. The highest BCUT2D eigenvalue weighted by molar-refractivity contribution is 6.20. The number of nitrogens with one attached hydrogen (secondary N) is 1. The van der Waals surface area contributed by atoms with Crippen LogP contribution in [0.1, 0.15) is 51.7 Å². The molecule has 0 fully saturated rings. The van der Waals surface area contributed by atoms with Crippen molar-refractivity contribution in [2.45, 2.75) is 47.0 Å². The minimum atomic E-state index is -0.0142. The second-order valence-corrected chi connectivity index (χ2v) is 8.79. The first kappa shape index (κ1) is 29.5. The van der Waals surface area contributed by atoms with E-state index in [1.165, 1.54) is 11.1 Å². The zero-order valence-electron chi connectivity index (χ0n) is 22.7. The second-order valence-electron chi connectivity index (χ2n) is 8.79. The van der Waals surface area contributed by atoms with Crippen LogP contribution in [0.15, 0.2) is 83.5 Å². The Hall–Kier alpha value is -3.74. The smallest absolute Gasteiger partial charge is 0.162 e. The first-order chi connectivity index (χ1) is 17.8. The van der Waals surface area contributed by atoms with Crippen LogP contribution in [0.4, 0.5) is 5.69 Å². The first-order valence-corrected chi connectivity index (χ1v) is 12.7. The van der Waals surface area contributed by atoms with E-state index < -0.39 is 0 Å². The number of carbonyl (C=O) groups excluding carboxylic acids is 1. The van der Waals surface area contributed by atoms with Gasteiger partial charge in [0.05, 0.1) is 5.70 Å². The number of aliphatic imine (C=N–C) groups is 1. The van der Waals surface area contributed by atoms with Gasteiger partial charge in [0.2, 0.25) is 0 Å². The topological polar surface area (TPSA) is 103 Å². The molecule has 196 valence electrons. The number of rotatable bonds is 10. The molecule has 0 aliphatic rings. The van der Waals surface area contributed by atoms with E-state index in [0.29, 0.717) is 17.9 Å². The number of carbonyl (C=O) groups is 1. The van der Waals surface area contributed by atoms with E-state index in [1.54, 1.807) is 19.1 Å². The van der Waals surface area contributed by atoms with Crippen LogP contribution < -0.4 is 21.8 Å². The molecule has 3 aromatic rings. The third-order valence-electron chi connectivity index (χ3n) is 5.84. The van der Waals surface area contributed by atoms with Gasteiger partial charge in [0.25, 0.3) is 0 Å². The van der Waals surface area contributed by atoms with E-state index in [2.05, 4.69) is 59.3 Å². The fourth-order valence-electron chi connectivity index (χ4n) is 3.95. The Morgan fingerprint density at radius 1 is 0.946 bits per heavy atom. The van der Waals surface area contributed by atoms with Gasteiger partial charge in [0, 0.05) is 29.1 Å². The number of Topliss-reactive ketones (excluding diaryl/α,β-unsaturated/α-hetero) is 1. The second kappa shape index (κ2) is 15.4. The molecular weight excluding hydrogens is 460 g/mol. The molecule has 0 saturated heterocycles. The standard InChI is InChI=1S/C17H25N3O2.C14H15N/c1-5-6-12(2)20-16(11-19-4)17(13(3)21)14-7-9-15(22-18)10-8-14;1-2-11-7-9-12(10-8-11)13-5-3-4-6-14(13)15/h7-10,19H,5-6,11,18H2,1-4H3;3-10H,2,15H2,1H3/b17-16+,20-12?;. The molecule has 0 amide bonds. The molecule has 0 atom stereocenters. The van der Waals surface area contributed by atoms with Crippen LogP contribution in [-0.2, 0) is 11.2 Å². The van der Waals surface area contributed by atoms with Crippen molar-refractivity contribution in [3.63, 3.8) is 0 Å². The maximum atomic E-state index is 12.1. The zero-order valence-corrected chi connectivity index (χ0v) is 22.7. The highest BCUT2D eigenvalue weighted by atomic mass is 16.6. The predicted molar refractivity (Wildman–Crippen MR) is 156 cm³/mol. The van der Waals surface area contributed by atoms with Gasteiger partial charge in [-0.05, 0) is 68.6 Å². The third-order valence-corrected chi connectivity index (χ3v) is 5.84. The predicted octanol–water partition coefficient (Wildman–Crippen LogP) is 6.22. The average Bonchev–Trinajstić information content (AvgIpc) is 2.90. The fourth-order valence-corrected chi connectivity index (χ4v) is 3.95. The maximum absolute atomic E-state index is 12.1. The summed E-state index contributed by atoms with van der Waals surface area (Å²) in [6.07, 6.45) is 3.02. The summed E-state index contributed by atoms with van der Waals surface area (Å²) in [7, 11) is 1.84. The van der Waals surface area contributed by atoms with Crippen LogP contribution >= 0.6 is 0 Å². The molecule has 37 heavy (non-hydrogen) atoms. The van der Waals surface area contributed by atoms with Gasteiger partial charge in [-0.1, -0.05) is 74.9 Å². The summed E-state index contributed by atoms with van der Waals surface area (Å²) >= 11 is 0. The number of hydrogen-bond acceptors (Lipinski definition) is 6. The number of nitrogens with zero attached hydrogens (tertiary/aromatic N) is 1. The largest absolute Gasteiger partial charge is 0.412 e. The van der Waals surface area contributed by atoms with Crippen LogP contribution in [0.3, 0.4) is 0 Å². The van der Waals surface area contributed by atoms with Crippen molar-refractivity contribution in [2.24, 2.45) is 10.9 Å². The van der Waals surface area contributed by atoms with Crippen molar-refractivity contribution in [2.75, 3.05) is 19.3 Å². The number of ketones is 1. The molecule has 0 spiro atoms. The summed E-state index contributed by atoms with van der Waals surface area (Å²) in [5.74, 6) is 5.67. The van der Waals surface area contributed by atoms with E-state index in [0.717, 1.165) is 47.5 Å². The number of benzene rings is 3. The summed E-state index contributed by atoms with van der Waals surface area (Å²) in [5.41, 5.74) is 13.6. The minimum absolute atomic E-state index is 0.0142. The van der Waals surface area contributed by atoms with E-state index in [9.17, 15) is 4.79 Å². The van der Waals surface area contributed by atoms with Gasteiger partial charge in [-0.25, -0.2) is 0 Å². The first-order valence-electron chi connectivity index (χ1n) is 12.7. The summed E-state index contributed by atoms with van der Waals surface area (Å²) in [6, 6.07) is 23.6. The number of anilines is 1. The summed E-state index contributed by atoms with van der Waals surface area (Å²) < 4.78 is 0. The van der Waals surface area contributed by atoms with E-state index in [-0.39, 0.29) is 5.78 Å². The number of hydrogen-bond donors (Lipinski definition) is 3. The van der Waals surface area contributed by atoms with Crippen molar-refractivity contribution < 1.29 is 9.63 Å². The summed E-state index contributed by atoms with van der Waals surface area (Å²) in [5, 5.41) is 3.08. The van der Waals surface area contributed by atoms with Gasteiger partial charge in [-0.15, -0.1) is 0 Å². The molecule has 0 aromatic heterocycles. The summed E-state index contributed by atoms with van der Waals surface area (Å²) in [4.78, 5) is 21.5. The van der Waals surface area contributed by atoms with Crippen LogP contribution in [-0.4, -0.2) is 25.1 Å². The number of likely N-dealkylation sites (N-methyl/N-ethyl adjacent to an activating group) is 1. The molecule has 0 unspecified atom stereocenters. The average molecular weight is 501 g/mol. The minimum Gasteiger partial charge on any atom is -0.412 e. The highest BCUT2D eigenvalue weighted by Gasteiger charge is 2.14. The van der Waals surface area contributed by atoms with E-state index in [4.69, 9.17) is 11.6 Å². The van der Waals surface area contributed by atoms with Gasteiger partial charge < -0.3 is 15.9 Å². The monoisotopic (exact) mass is 500 g/mol. The zero-order chi connectivity index (χ0) is 27.2. The molecule has 6 nitrogen and oxygen atoms in total. The Bertz CT molecular complexity index is 1200. The van der Waals surface area contributed by atoms with Gasteiger partial charge in [-0.3, -0.25) is 9.79 Å². The Balaban J connectivity index is 0.000000278. The number of nitrogens with two attached hydrogens (primary N) is 2. The highest BCUT2D eigenvalue weighted by Crippen LogP contribution is 2.26. The number of aryl methyl sites for hydroxylation is 1. The quantitative estimate of drug-likeness (QED) is 0.133. The fraction of sp³-hybridized carbons (Fsp3) is 0.290. The lowest BCUT2D eigenvalue weighted by Gasteiger charge is -2.12. The summed E-state index contributed by atoms with van der Waals surface area (Å²) in [6.45, 7) is 8.35. The number of allylic oxidation sites excluding steroid dienone is 1. The van der Waals surface area contributed by atoms with Crippen molar-refractivity contribution >= 4 is 22.8 Å². The van der Waals surface area contributed by atoms with Crippen molar-refractivity contribution in [3.8, 4) is 16.9 Å². The molecular formula is C31H40N4O2. The Kier molecular flexibility index (Phi) is 12.3. The van der Waals surface area contributed by atoms with E-state index >= 15 is 0 Å². The normalized spacial score (nSPS) is 11.8. The lowest BCUT2D eigenvalue weighted by Crippen LogP contribution is -2.14. The van der Waals surface area contributed by atoms with Crippen molar-refractivity contribution in [1.29, 1.82) is 0 Å². The molecule has 0 aliphatic heterocycles. The van der Waals surface area contributed by atoms with Crippen LogP contribution in [0.5, 0.6) is 5.75 Å². The number of nitrogen functional groups attached to an aromatic ring is 1. The van der Waals surface area contributed by atoms with Crippen LogP contribution in [0.25, 0.3) is 16.7 Å². The van der Waals surface area contributed by atoms with Crippen LogP contribution in [0.2, 0.25) is 0 Å². The van der Waals surface area contributed by atoms with Crippen molar-refractivity contribution in [1.82, 2.24) is 5.32 Å². The molecule has 3 aromatic carbocycles. The number of para-hydroxylation sites is 1. The lowest BCUT2D eigenvalue weighted by molar-refractivity contribution is -0.111. The molecule has 5 N–H and O–H groups in total. The maximum Gasteiger partial charge on any atom is 0.162 e. The molecule has 3 rings (SSSR count). The Labute approximate surface area is 221 Å². The van der Waals surface area contributed by atoms with Gasteiger partial charge in [-0.2, -0.15) is 5.90 Å². The third kappa shape index (κ3) is 9.01. The molecule has 0 saturated carbocycles. The Morgan fingerprint density at radius 3 is 2.11 bits per heavy atom. The van der Waals surface area contributed by atoms with E-state index in [1.807, 2.05) is 44.3 Å². The molecule has 0 aliphatic carbocycles. The SMILES string of the molecule is CCCC(C)=N/C(CNC)=C(\C(C)=O)c1ccc(ON)cc1.CCc1ccc(-c2ccccc2N)cc1. The molecule has 6 heteroatoms. The van der Waals surface area contributed by atoms with Crippen LogP contribution in [0, 0.1) is 0 Å². The van der Waals surface area contributed by atoms with Crippen molar-refractivity contribution in [3.05, 3.63) is 89.6 Å².